The van der Waals surface area contributed by atoms with Crippen LogP contribution in [0.4, 0.5) is 5.69 Å². The van der Waals surface area contributed by atoms with Crippen LogP contribution in [0.5, 0.6) is 5.75 Å². The second kappa shape index (κ2) is 11.4. The summed E-state index contributed by atoms with van der Waals surface area (Å²) in [6, 6.07) is 14.6. The summed E-state index contributed by atoms with van der Waals surface area (Å²) < 4.78 is 7.27. The van der Waals surface area contributed by atoms with E-state index in [1.807, 2.05) is 44.2 Å². The van der Waals surface area contributed by atoms with E-state index in [-0.39, 0.29) is 41.2 Å². The average molecular weight is 546 g/mol. The van der Waals surface area contributed by atoms with Crippen LogP contribution in [0.25, 0.3) is 11.1 Å². The Balaban J connectivity index is 1.41. The largest absolute Gasteiger partial charge is 0.496 e. The summed E-state index contributed by atoms with van der Waals surface area (Å²) in [5, 5.41) is 7.12. The molecule has 7 nitrogen and oxygen atoms in total. The molecule has 2 aromatic carbocycles. The first-order valence-corrected chi connectivity index (χ1v) is 14.2. The van der Waals surface area contributed by atoms with Gasteiger partial charge in [0.25, 0.3) is 11.5 Å². The van der Waals surface area contributed by atoms with Gasteiger partial charge in [0.05, 0.1) is 18.6 Å². The van der Waals surface area contributed by atoms with Crippen molar-refractivity contribution in [2.75, 3.05) is 12.4 Å². The Morgan fingerprint density at radius 3 is 2.62 bits per heavy atom. The van der Waals surface area contributed by atoms with Crippen LogP contribution in [0.2, 0.25) is 0 Å². The predicted molar refractivity (Wildman–Crippen MR) is 158 cm³/mol. The van der Waals surface area contributed by atoms with E-state index in [1.165, 1.54) is 7.11 Å². The quantitative estimate of drug-likeness (QED) is 0.407. The van der Waals surface area contributed by atoms with Gasteiger partial charge in [-0.15, -0.1) is 9.24 Å². The second-order valence-corrected chi connectivity index (χ2v) is 11.4. The molecule has 2 bridgehead atoms. The van der Waals surface area contributed by atoms with Gasteiger partial charge in [0.2, 0.25) is 5.91 Å². The highest BCUT2D eigenvalue weighted by Crippen LogP contribution is 2.49. The number of pyridine rings is 1. The van der Waals surface area contributed by atoms with Crippen LogP contribution in [-0.4, -0.2) is 29.5 Å². The average Bonchev–Trinajstić information content (AvgIpc) is 3.52. The first-order chi connectivity index (χ1) is 18.8. The third-order valence-electron chi connectivity index (χ3n) is 8.19. The molecule has 5 rings (SSSR count). The zero-order valence-electron chi connectivity index (χ0n) is 22.7. The van der Waals surface area contributed by atoms with Crippen molar-refractivity contribution >= 4 is 32.0 Å². The van der Waals surface area contributed by atoms with Crippen molar-refractivity contribution in [3.63, 3.8) is 0 Å². The smallest absolute Gasteiger partial charge is 0.255 e. The summed E-state index contributed by atoms with van der Waals surface area (Å²) >= 11 is 0. The number of ether oxygens (including phenoxy) is 1. The van der Waals surface area contributed by atoms with Crippen molar-refractivity contribution in [1.29, 1.82) is 0 Å². The van der Waals surface area contributed by atoms with Crippen LogP contribution < -0.4 is 26.2 Å². The van der Waals surface area contributed by atoms with E-state index in [0.717, 1.165) is 53.4 Å². The van der Waals surface area contributed by atoms with Crippen LogP contribution in [0, 0.1) is 24.7 Å². The molecule has 2 amide bonds. The number of benzene rings is 2. The Kier molecular flexibility index (Phi) is 7.90. The third kappa shape index (κ3) is 5.51. The van der Waals surface area contributed by atoms with E-state index >= 15 is 0 Å². The zero-order chi connectivity index (χ0) is 27.7. The molecule has 8 heteroatoms. The number of methoxy groups -OCH3 is 1. The Labute approximate surface area is 231 Å². The molecule has 1 unspecified atom stereocenters. The summed E-state index contributed by atoms with van der Waals surface area (Å²) in [4.78, 5) is 39.8. The molecular weight excluding hydrogens is 509 g/mol. The second-order valence-electron chi connectivity index (χ2n) is 10.8. The molecule has 3 aromatic rings. The minimum Gasteiger partial charge on any atom is -0.496 e. The standard InChI is InChI=1S/C31H36N3O4P/c1-4-11-34-12-10-19(15-27(34)35)23-16-24(25(38-3)17-26(23)39)30(36)33-29-21-9-8-20(14-21)28(29)31(37)32-22-7-5-6-18(2)13-22/h5-7,10,12-13,15-17,20-21,28-29H,4,8-9,11,14,39H2,1-3H3,(H,32,37)(H,33,36)/t20-,21+,28+,29-/m1/s1. The molecule has 2 aliphatic rings. The molecule has 0 saturated heterocycles. The Morgan fingerprint density at radius 1 is 1.10 bits per heavy atom. The van der Waals surface area contributed by atoms with Gasteiger partial charge in [0, 0.05) is 30.5 Å². The van der Waals surface area contributed by atoms with Crippen LogP contribution >= 0.6 is 9.24 Å². The number of rotatable bonds is 8. The van der Waals surface area contributed by atoms with Gasteiger partial charge in [-0.05, 0) is 96.8 Å². The van der Waals surface area contributed by atoms with Crippen molar-refractivity contribution in [2.45, 2.75) is 52.1 Å². The molecule has 204 valence electrons. The Hall–Kier alpha value is -3.44. The first-order valence-electron chi connectivity index (χ1n) is 13.7. The number of anilines is 1. The van der Waals surface area contributed by atoms with Crippen LogP contribution in [0.15, 0.2) is 59.5 Å². The molecule has 2 N–H and O–H groups in total. The number of fused-ring (bicyclic) bond motifs is 2. The number of hydrogen-bond donors (Lipinski definition) is 2. The monoisotopic (exact) mass is 545 g/mol. The molecule has 0 aliphatic heterocycles. The van der Waals surface area contributed by atoms with Crippen molar-refractivity contribution in [2.24, 2.45) is 17.8 Å². The number of nitrogens with one attached hydrogen (secondary N) is 2. The van der Waals surface area contributed by atoms with Crippen molar-refractivity contribution in [3.8, 4) is 16.9 Å². The fourth-order valence-corrected chi connectivity index (χ4v) is 6.75. The van der Waals surface area contributed by atoms with E-state index in [1.54, 1.807) is 29.0 Å². The van der Waals surface area contributed by atoms with E-state index in [2.05, 4.69) is 19.9 Å². The summed E-state index contributed by atoms with van der Waals surface area (Å²) in [6.45, 7) is 4.68. The minimum absolute atomic E-state index is 0.0429. The number of carbonyl (C=O) groups is 2. The molecule has 1 aromatic heterocycles. The van der Waals surface area contributed by atoms with Crippen LogP contribution in [0.3, 0.4) is 0 Å². The Bertz CT molecular complexity index is 1470. The molecule has 5 atom stereocenters. The van der Waals surface area contributed by atoms with Gasteiger partial charge in [0.1, 0.15) is 5.75 Å². The maximum absolute atomic E-state index is 13.7. The van der Waals surface area contributed by atoms with E-state index < -0.39 is 0 Å². The molecule has 2 aliphatic carbocycles. The summed E-state index contributed by atoms with van der Waals surface area (Å²) in [6.07, 6.45) is 5.61. The third-order valence-corrected chi connectivity index (χ3v) is 8.67. The van der Waals surface area contributed by atoms with E-state index in [9.17, 15) is 14.4 Å². The van der Waals surface area contributed by atoms with Gasteiger partial charge in [-0.25, -0.2) is 0 Å². The predicted octanol–water partition coefficient (Wildman–Crippen LogP) is 4.53. The Morgan fingerprint density at radius 2 is 1.90 bits per heavy atom. The number of carbonyl (C=O) groups excluding carboxylic acids is 2. The molecule has 0 spiro atoms. The molecular formula is C31H36N3O4P. The van der Waals surface area contributed by atoms with E-state index in [0.29, 0.717) is 17.9 Å². The fourth-order valence-electron chi connectivity index (χ4n) is 6.35. The molecule has 39 heavy (non-hydrogen) atoms. The number of nitrogens with zero attached hydrogens (tertiary/aromatic N) is 1. The van der Waals surface area contributed by atoms with Crippen molar-refractivity contribution < 1.29 is 14.3 Å². The fraction of sp³-hybridized carbons (Fsp3) is 0.387. The van der Waals surface area contributed by atoms with Gasteiger partial charge < -0.3 is 19.9 Å². The van der Waals surface area contributed by atoms with Gasteiger partial charge in [-0.1, -0.05) is 19.1 Å². The highest BCUT2D eigenvalue weighted by Gasteiger charge is 2.51. The molecule has 2 saturated carbocycles. The number of amides is 2. The summed E-state index contributed by atoms with van der Waals surface area (Å²) in [5.41, 5.74) is 3.67. The lowest BCUT2D eigenvalue weighted by molar-refractivity contribution is -0.122. The van der Waals surface area contributed by atoms with Crippen LogP contribution in [-0.2, 0) is 11.3 Å². The van der Waals surface area contributed by atoms with Crippen LogP contribution in [0.1, 0.15) is 48.5 Å². The lowest BCUT2D eigenvalue weighted by Gasteiger charge is -2.31. The zero-order valence-corrected chi connectivity index (χ0v) is 23.9. The topological polar surface area (TPSA) is 89.4 Å². The highest BCUT2D eigenvalue weighted by molar-refractivity contribution is 7.28. The first kappa shape index (κ1) is 27.1. The lowest BCUT2D eigenvalue weighted by Crippen LogP contribution is -2.48. The maximum Gasteiger partial charge on any atom is 0.255 e. The molecule has 1 heterocycles. The molecule has 2 fully saturated rings. The normalized spacial score (nSPS) is 21.5. The minimum atomic E-state index is -0.286. The van der Waals surface area contributed by atoms with Gasteiger partial charge in [0.15, 0.2) is 0 Å². The van der Waals surface area contributed by atoms with Crippen molar-refractivity contribution in [3.05, 3.63) is 76.2 Å². The van der Waals surface area contributed by atoms with Gasteiger partial charge >= 0.3 is 0 Å². The van der Waals surface area contributed by atoms with Gasteiger partial charge in [-0.2, -0.15) is 0 Å². The number of aryl methyl sites for hydroxylation is 2. The summed E-state index contributed by atoms with van der Waals surface area (Å²) in [7, 11) is 4.21. The van der Waals surface area contributed by atoms with Crippen molar-refractivity contribution in [1.82, 2.24) is 9.88 Å². The SMILES string of the molecule is CCCn1ccc(-c2cc(C(=O)N[C@@H]3[C@H]4CC[C@H](C4)[C@@H]3C(=O)Nc3cccc(C)c3)c(OC)cc2P)cc1=O. The number of hydrogen-bond acceptors (Lipinski definition) is 4. The lowest BCUT2D eigenvalue weighted by atomic mass is 9.83. The maximum atomic E-state index is 13.7. The number of aromatic nitrogens is 1. The highest BCUT2D eigenvalue weighted by atomic mass is 31.0. The van der Waals surface area contributed by atoms with Gasteiger partial charge in [-0.3, -0.25) is 14.4 Å². The summed E-state index contributed by atoms with van der Waals surface area (Å²) in [5.74, 6) is 0.369. The van der Waals surface area contributed by atoms with E-state index in [4.69, 9.17) is 4.74 Å². The molecule has 0 radical (unpaired) electrons.